The Morgan fingerprint density at radius 1 is 1.22 bits per heavy atom. The highest BCUT2D eigenvalue weighted by Crippen LogP contribution is 2.30. The summed E-state index contributed by atoms with van der Waals surface area (Å²) in [5, 5.41) is 4.94. The maximum absolute atomic E-state index is 12.2. The molecule has 1 aromatic heterocycles. The summed E-state index contributed by atoms with van der Waals surface area (Å²) in [6.45, 7) is 6.23. The number of unbranched alkanes of at least 4 members (excludes halogenated alkanes) is 2. The SMILES string of the molecule is CCCCCS(=O)(=O)CC(=O)NC(c1cccs1)C(CC)CC. The van der Waals surface area contributed by atoms with Gasteiger partial charge in [0.05, 0.1) is 11.8 Å². The van der Waals surface area contributed by atoms with Gasteiger partial charge in [-0.25, -0.2) is 8.42 Å². The Balaban J connectivity index is 2.70. The van der Waals surface area contributed by atoms with Crippen LogP contribution < -0.4 is 5.32 Å². The van der Waals surface area contributed by atoms with Crippen molar-refractivity contribution in [2.45, 2.75) is 58.9 Å². The van der Waals surface area contributed by atoms with Gasteiger partial charge in [-0.1, -0.05) is 52.5 Å². The van der Waals surface area contributed by atoms with Gasteiger partial charge in [0.1, 0.15) is 5.75 Å². The van der Waals surface area contributed by atoms with E-state index in [4.69, 9.17) is 0 Å². The quantitative estimate of drug-likeness (QED) is 0.609. The second kappa shape index (κ2) is 10.1. The van der Waals surface area contributed by atoms with E-state index in [1.54, 1.807) is 11.3 Å². The number of carbonyl (C=O) groups excluding carboxylic acids is 1. The zero-order valence-corrected chi connectivity index (χ0v) is 16.0. The van der Waals surface area contributed by atoms with Crippen molar-refractivity contribution in [3.8, 4) is 0 Å². The molecule has 0 spiro atoms. The van der Waals surface area contributed by atoms with Crippen molar-refractivity contribution in [2.24, 2.45) is 5.92 Å². The van der Waals surface area contributed by atoms with E-state index >= 15 is 0 Å². The molecule has 23 heavy (non-hydrogen) atoms. The smallest absolute Gasteiger partial charge is 0.235 e. The number of amides is 1. The summed E-state index contributed by atoms with van der Waals surface area (Å²) in [6.07, 6.45) is 4.38. The van der Waals surface area contributed by atoms with E-state index in [9.17, 15) is 13.2 Å². The third kappa shape index (κ3) is 7.04. The third-order valence-electron chi connectivity index (χ3n) is 4.10. The number of rotatable bonds is 11. The van der Waals surface area contributed by atoms with Gasteiger partial charge >= 0.3 is 0 Å². The lowest BCUT2D eigenvalue weighted by atomic mass is 9.93. The van der Waals surface area contributed by atoms with Crippen molar-refractivity contribution in [3.63, 3.8) is 0 Å². The van der Waals surface area contributed by atoms with Gasteiger partial charge < -0.3 is 5.32 Å². The number of sulfone groups is 1. The zero-order valence-electron chi connectivity index (χ0n) is 14.4. The third-order valence-corrected chi connectivity index (χ3v) is 6.66. The van der Waals surface area contributed by atoms with Crippen LogP contribution in [-0.4, -0.2) is 25.8 Å². The summed E-state index contributed by atoms with van der Waals surface area (Å²) in [4.78, 5) is 13.3. The molecule has 1 atom stereocenters. The van der Waals surface area contributed by atoms with E-state index in [0.717, 1.165) is 30.6 Å². The van der Waals surface area contributed by atoms with Crippen LogP contribution in [0.25, 0.3) is 0 Å². The highest BCUT2D eigenvalue weighted by Gasteiger charge is 2.25. The Morgan fingerprint density at radius 3 is 2.43 bits per heavy atom. The van der Waals surface area contributed by atoms with Gasteiger partial charge in [0.2, 0.25) is 5.91 Å². The molecule has 0 radical (unpaired) electrons. The molecule has 0 aliphatic rings. The molecule has 0 fully saturated rings. The average molecular weight is 360 g/mol. The molecule has 1 amide bonds. The Hall–Kier alpha value is -0.880. The Bertz CT molecular complexity index is 548. The Labute approximate surface area is 144 Å². The molecular formula is C17H29NO3S2. The Kier molecular flexibility index (Phi) is 8.84. The monoisotopic (exact) mass is 359 g/mol. The van der Waals surface area contributed by atoms with Gasteiger partial charge in [-0.3, -0.25) is 4.79 Å². The number of carbonyl (C=O) groups is 1. The minimum atomic E-state index is -3.32. The van der Waals surface area contributed by atoms with Crippen molar-refractivity contribution in [3.05, 3.63) is 22.4 Å². The molecule has 1 heterocycles. The summed E-state index contributed by atoms with van der Waals surface area (Å²) in [7, 11) is -3.32. The predicted molar refractivity (Wildman–Crippen MR) is 97.5 cm³/mol. The van der Waals surface area contributed by atoms with Gasteiger partial charge in [-0.05, 0) is 23.8 Å². The fraction of sp³-hybridized carbons (Fsp3) is 0.706. The predicted octanol–water partition coefficient (Wildman–Crippen LogP) is 3.95. The van der Waals surface area contributed by atoms with Gasteiger partial charge in [0, 0.05) is 4.88 Å². The average Bonchev–Trinajstić information content (AvgIpc) is 3.01. The largest absolute Gasteiger partial charge is 0.347 e. The fourth-order valence-electron chi connectivity index (χ4n) is 2.71. The van der Waals surface area contributed by atoms with Gasteiger partial charge in [-0.2, -0.15) is 0 Å². The number of nitrogens with one attached hydrogen (secondary N) is 1. The van der Waals surface area contributed by atoms with E-state index in [2.05, 4.69) is 19.2 Å². The van der Waals surface area contributed by atoms with Crippen LogP contribution >= 0.6 is 11.3 Å². The summed E-state index contributed by atoms with van der Waals surface area (Å²) in [6, 6.07) is 3.87. The summed E-state index contributed by atoms with van der Waals surface area (Å²) < 4.78 is 24.1. The first kappa shape index (κ1) is 20.2. The maximum atomic E-state index is 12.2. The zero-order chi connectivity index (χ0) is 17.3. The minimum absolute atomic E-state index is 0.0941. The van der Waals surface area contributed by atoms with Gasteiger partial charge in [0.25, 0.3) is 0 Å². The van der Waals surface area contributed by atoms with Crippen LogP contribution in [-0.2, 0) is 14.6 Å². The first-order chi connectivity index (χ1) is 10.9. The lowest BCUT2D eigenvalue weighted by molar-refractivity contribution is -0.119. The van der Waals surface area contributed by atoms with Crippen molar-refractivity contribution < 1.29 is 13.2 Å². The normalized spacial score (nSPS) is 13.2. The summed E-state index contributed by atoms with van der Waals surface area (Å²) in [5.74, 6) is -0.367. The van der Waals surface area contributed by atoms with Crippen LogP contribution in [0.5, 0.6) is 0 Å². The van der Waals surface area contributed by atoms with Crippen molar-refractivity contribution in [1.29, 1.82) is 0 Å². The minimum Gasteiger partial charge on any atom is -0.347 e. The van der Waals surface area contributed by atoms with E-state index in [1.165, 1.54) is 0 Å². The number of thiophene rings is 1. The fourth-order valence-corrected chi connectivity index (χ4v) is 4.85. The van der Waals surface area contributed by atoms with E-state index < -0.39 is 15.6 Å². The van der Waals surface area contributed by atoms with E-state index in [0.29, 0.717) is 12.3 Å². The van der Waals surface area contributed by atoms with Crippen LogP contribution in [0.15, 0.2) is 17.5 Å². The van der Waals surface area contributed by atoms with Gasteiger partial charge in [0.15, 0.2) is 9.84 Å². The molecule has 0 aliphatic carbocycles. The van der Waals surface area contributed by atoms with Crippen molar-refractivity contribution in [1.82, 2.24) is 5.32 Å². The van der Waals surface area contributed by atoms with E-state index in [-0.39, 0.29) is 17.7 Å². The lowest BCUT2D eigenvalue weighted by Crippen LogP contribution is -2.37. The Morgan fingerprint density at radius 2 is 1.91 bits per heavy atom. The molecule has 132 valence electrons. The molecule has 4 nitrogen and oxygen atoms in total. The van der Waals surface area contributed by atoms with Crippen LogP contribution in [0.1, 0.15) is 63.8 Å². The molecule has 1 N–H and O–H groups in total. The highest BCUT2D eigenvalue weighted by atomic mass is 32.2. The molecule has 0 aliphatic heterocycles. The molecule has 0 saturated carbocycles. The van der Waals surface area contributed by atoms with Crippen LogP contribution in [0.3, 0.4) is 0 Å². The molecule has 1 aromatic rings. The molecule has 1 unspecified atom stereocenters. The van der Waals surface area contributed by atoms with Crippen LogP contribution in [0, 0.1) is 5.92 Å². The second-order valence-corrected chi connectivity index (χ2v) is 9.10. The standard InChI is InChI=1S/C17H29NO3S2/c1-4-7-8-12-23(20,21)13-16(19)18-17(14(5-2)6-3)15-10-9-11-22-15/h9-11,14,17H,4-8,12-13H2,1-3H3,(H,18,19). The number of hydrogen-bond donors (Lipinski definition) is 1. The van der Waals surface area contributed by atoms with Gasteiger partial charge in [-0.15, -0.1) is 11.3 Å². The lowest BCUT2D eigenvalue weighted by Gasteiger charge is -2.25. The maximum Gasteiger partial charge on any atom is 0.235 e. The summed E-state index contributed by atoms with van der Waals surface area (Å²) >= 11 is 1.60. The highest BCUT2D eigenvalue weighted by molar-refractivity contribution is 7.92. The number of hydrogen-bond acceptors (Lipinski definition) is 4. The summed E-state index contributed by atoms with van der Waals surface area (Å²) in [5.41, 5.74) is 0. The molecule has 0 saturated heterocycles. The van der Waals surface area contributed by atoms with Crippen molar-refractivity contribution in [2.75, 3.05) is 11.5 Å². The molecular weight excluding hydrogens is 330 g/mol. The molecule has 6 heteroatoms. The van der Waals surface area contributed by atoms with Crippen LogP contribution in [0.4, 0.5) is 0 Å². The topological polar surface area (TPSA) is 63.2 Å². The molecule has 0 bridgehead atoms. The van der Waals surface area contributed by atoms with Crippen LogP contribution in [0.2, 0.25) is 0 Å². The molecule has 0 aromatic carbocycles. The first-order valence-electron chi connectivity index (χ1n) is 8.46. The first-order valence-corrected chi connectivity index (χ1v) is 11.2. The van der Waals surface area contributed by atoms with Crippen molar-refractivity contribution >= 4 is 27.1 Å². The van der Waals surface area contributed by atoms with E-state index in [1.807, 2.05) is 24.4 Å². The second-order valence-electron chi connectivity index (χ2n) is 5.94. The molecule has 1 rings (SSSR count).